The van der Waals surface area contributed by atoms with Gasteiger partial charge in [0.15, 0.2) is 0 Å². The van der Waals surface area contributed by atoms with Gasteiger partial charge < -0.3 is 10.0 Å². The van der Waals surface area contributed by atoms with Crippen molar-refractivity contribution in [3.8, 4) is 0 Å². The van der Waals surface area contributed by atoms with Gasteiger partial charge in [-0.1, -0.05) is 45.9 Å². The van der Waals surface area contributed by atoms with Crippen LogP contribution in [0.3, 0.4) is 0 Å². The first-order valence-electron chi connectivity index (χ1n) is 10.8. The minimum atomic E-state index is -0.905. The molecule has 0 atom stereocenters. The molecule has 0 aromatic heterocycles. The molecule has 1 aliphatic heterocycles. The molecule has 0 bridgehead atoms. The first kappa shape index (κ1) is 21.4. The minimum absolute atomic E-state index is 0.191. The smallest absolute Gasteiger partial charge is 0.328 e. The van der Waals surface area contributed by atoms with Gasteiger partial charge in [0, 0.05) is 30.4 Å². The van der Waals surface area contributed by atoms with E-state index in [1.807, 2.05) is 19.1 Å². The number of anilines is 1. The van der Waals surface area contributed by atoms with Crippen molar-refractivity contribution in [2.75, 3.05) is 18.0 Å². The van der Waals surface area contributed by atoms with E-state index in [0.29, 0.717) is 0 Å². The quantitative estimate of drug-likeness (QED) is 0.486. The van der Waals surface area contributed by atoms with E-state index in [2.05, 4.69) is 57.7 Å². The van der Waals surface area contributed by atoms with Crippen molar-refractivity contribution < 1.29 is 9.90 Å². The van der Waals surface area contributed by atoms with E-state index in [1.165, 1.54) is 46.9 Å². The molecule has 2 aliphatic rings. The van der Waals surface area contributed by atoms with Crippen LogP contribution in [-0.4, -0.2) is 24.2 Å². The van der Waals surface area contributed by atoms with E-state index in [0.717, 1.165) is 25.1 Å². The lowest BCUT2D eigenvalue weighted by molar-refractivity contribution is -0.131. The number of carboxylic acids is 1. The number of carbonyl (C=O) groups is 1. The van der Waals surface area contributed by atoms with Crippen LogP contribution in [0.4, 0.5) is 5.69 Å². The van der Waals surface area contributed by atoms with E-state index in [9.17, 15) is 4.79 Å². The van der Waals surface area contributed by atoms with Gasteiger partial charge in [0.1, 0.15) is 0 Å². The van der Waals surface area contributed by atoms with Crippen LogP contribution in [0.15, 0.2) is 42.0 Å². The Morgan fingerprint density at radius 3 is 2.34 bits per heavy atom. The summed E-state index contributed by atoms with van der Waals surface area (Å²) in [6, 6.07) is 4.91. The van der Waals surface area contributed by atoms with Crippen molar-refractivity contribution in [2.24, 2.45) is 0 Å². The van der Waals surface area contributed by atoms with Crippen LogP contribution in [0.25, 0.3) is 5.57 Å². The van der Waals surface area contributed by atoms with Crippen LogP contribution in [0.2, 0.25) is 0 Å². The fraction of sp³-hybridized carbons (Fsp3) is 0.500. The fourth-order valence-electron chi connectivity index (χ4n) is 4.69. The third-order valence-corrected chi connectivity index (χ3v) is 6.70. The molecule has 0 fully saturated rings. The molecular weight excluding hydrogens is 358 g/mol. The predicted octanol–water partition coefficient (Wildman–Crippen LogP) is 6.24. The Balaban J connectivity index is 2.10. The third-order valence-electron chi connectivity index (χ3n) is 6.70. The van der Waals surface area contributed by atoms with Crippen LogP contribution >= 0.6 is 0 Å². The Hall–Kier alpha value is -2.29. The zero-order valence-electron chi connectivity index (χ0n) is 18.8. The normalized spacial score (nSPS) is 21.9. The lowest BCUT2D eigenvalue weighted by Crippen LogP contribution is -2.36. The van der Waals surface area contributed by atoms with E-state index >= 15 is 0 Å². The summed E-state index contributed by atoms with van der Waals surface area (Å²) >= 11 is 0. The van der Waals surface area contributed by atoms with E-state index in [-0.39, 0.29) is 10.8 Å². The Morgan fingerprint density at radius 1 is 1.14 bits per heavy atom. The lowest BCUT2D eigenvalue weighted by Gasteiger charge is -2.44. The second-order valence-electron chi connectivity index (χ2n) is 9.79. The standard InChI is InChI=1S/C26H35NO2/c1-7-27-14-11-19(10-8-9-18(2)15-24(28)29)20-16-21-22(17-23(20)27)26(5,6)13-12-25(21,3)4/h8-10,15-17H,7,11-14H2,1-6H3,(H,28,29)/b9-8?,18-15+,19-10?. The minimum Gasteiger partial charge on any atom is -0.478 e. The number of hydrogen-bond donors (Lipinski definition) is 1. The molecule has 1 heterocycles. The largest absolute Gasteiger partial charge is 0.478 e. The highest BCUT2D eigenvalue weighted by atomic mass is 16.4. The number of aliphatic carboxylic acids is 1. The third kappa shape index (κ3) is 4.34. The Kier molecular flexibility index (Phi) is 5.80. The number of carboxylic acid groups (broad SMARTS) is 1. The molecular formula is C26H35NO2. The average molecular weight is 394 g/mol. The van der Waals surface area contributed by atoms with E-state index in [4.69, 9.17) is 5.11 Å². The molecule has 0 amide bonds. The second-order valence-corrected chi connectivity index (χ2v) is 9.79. The summed E-state index contributed by atoms with van der Waals surface area (Å²) in [5.74, 6) is -0.905. The number of rotatable bonds is 4. The highest BCUT2D eigenvalue weighted by molar-refractivity contribution is 5.83. The summed E-state index contributed by atoms with van der Waals surface area (Å²) in [6.45, 7) is 15.6. The monoisotopic (exact) mass is 393 g/mol. The molecule has 0 saturated carbocycles. The number of allylic oxidation sites excluding steroid dienone is 4. The van der Waals surface area contributed by atoms with Crippen molar-refractivity contribution in [2.45, 2.75) is 71.6 Å². The van der Waals surface area contributed by atoms with Crippen LogP contribution in [0.5, 0.6) is 0 Å². The number of hydrogen-bond acceptors (Lipinski definition) is 2. The van der Waals surface area contributed by atoms with Crippen LogP contribution in [-0.2, 0) is 15.6 Å². The number of benzene rings is 1. The highest BCUT2D eigenvalue weighted by Crippen LogP contribution is 2.49. The number of fused-ring (bicyclic) bond motifs is 2. The number of nitrogens with zero attached hydrogens (tertiary/aromatic N) is 1. The molecule has 0 saturated heterocycles. The van der Waals surface area contributed by atoms with Gasteiger partial charge in [-0.05, 0) is 78.3 Å². The van der Waals surface area contributed by atoms with Gasteiger partial charge in [-0.3, -0.25) is 0 Å². The van der Waals surface area contributed by atoms with Crippen LogP contribution < -0.4 is 4.90 Å². The average Bonchev–Trinajstić information content (AvgIpc) is 2.64. The van der Waals surface area contributed by atoms with Gasteiger partial charge in [-0.15, -0.1) is 0 Å². The van der Waals surface area contributed by atoms with Gasteiger partial charge in [-0.2, -0.15) is 0 Å². The summed E-state index contributed by atoms with van der Waals surface area (Å²) in [5.41, 5.74) is 8.16. The maximum absolute atomic E-state index is 10.8. The van der Waals surface area contributed by atoms with Crippen LogP contribution in [0, 0.1) is 0 Å². The molecule has 1 aromatic carbocycles. The fourth-order valence-corrected chi connectivity index (χ4v) is 4.69. The molecule has 1 N–H and O–H groups in total. The molecule has 3 rings (SSSR count). The Labute approximate surface area is 175 Å². The van der Waals surface area contributed by atoms with Gasteiger partial charge in [0.25, 0.3) is 0 Å². The summed E-state index contributed by atoms with van der Waals surface area (Å²) in [6.07, 6.45) is 10.7. The molecule has 0 radical (unpaired) electrons. The van der Waals surface area contributed by atoms with E-state index in [1.54, 1.807) is 0 Å². The van der Waals surface area contributed by atoms with Crippen molar-refractivity contribution in [1.82, 2.24) is 0 Å². The molecule has 3 nitrogen and oxygen atoms in total. The maximum Gasteiger partial charge on any atom is 0.328 e. The predicted molar refractivity (Wildman–Crippen MR) is 123 cm³/mol. The first-order valence-corrected chi connectivity index (χ1v) is 10.8. The summed E-state index contributed by atoms with van der Waals surface area (Å²) < 4.78 is 0. The molecule has 29 heavy (non-hydrogen) atoms. The van der Waals surface area contributed by atoms with Crippen molar-refractivity contribution >= 4 is 17.2 Å². The molecule has 0 spiro atoms. The summed E-state index contributed by atoms with van der Waals surface area (Å²) in [7, 11) is 0. The molecule has 156 valence electrons. The first-order chi connectivity index (χ1) is 13.5. The van der Waals surface area contributed by atoms with Crippen LogP contribution in [0.1, 0.15) is 77.5 Å². The zero-order chi connectivity index (χ0) is 21.4. The van der Waals surface area contributed by atoms with Gasteiger partial charge in [0.2, 0.25) is 0 Å². The molecule has 1 aromatic rings. The van der Waals surface area contributed by atoms with Crippen molar-refractivity contribution in [3.63, 3.8) is 0 Å². The lowest BCUT2D eigenvalue weighted by atomic mass is 9.62. The van der Waals surface area contributed by atoms with Gasteiger partial charge >= 0.3 is 5.97 Å². The van der Waals surface area contributed by atoms with E-state index < -0.39 is 5.97 Å². The van der Waals surface area contributed by atoms with Gasteiger partial charge in [-0.25, -0.2) is 4.79 Å². The topological polar surface area (TPSA) is 40.5 Å². The molecule has 1 aliphatic carbocycles. The molecule has 3 heteroatoms. The summed E-state index contributed by atoms with van der Waals surface area (Å²) in [4.78, 5) is 13.3. The molecule has 0 unspecified atom stereocenters. The highest BCUT2D eigenvalue weighted by Gasteiger charge is 2.38. The maximum atomic E-state index is 10.8. The summed E-state index contributed by atoms with van der Waals surface area (Å²) in [5, 5.41) is 8.89. The SMILES string of the molecule is CCN1CCC(=CC=C/C(C)=C/C(=O)O)c2cc3c(cc21)C(C)(C)CCC3(C)C. The zero-order valence-corrected chi connectivity index (χ0v) is 18.8. The Morgan fingerprint density at radius 2 is 1.76 bits per heavy atom. The Bertz CT molecular complexity index is 900. The second kappa shape index (κ2) is 7.85. The van der Waals surface area contributed by atoms with Crippen molar-refractivity contribution in [3.05, 3.63) is 58.7 Å². The van der Waals surface area contributed by atoms with Gasteiger partial charge in [0.05, 0.1) is 0 Å². The van der Waals surface area contributed by atoms with Crippen molar-refractivity contribution in [1.29, 1.82) is 0 Å².